The Bertz CT molecular complexity index is 242. The molecule has 0 amide bonds. The lowest BCUT2D eigenvalue weighted by Gasteiger charge is -2.08. The van der Waals surface area contributed by atoms with E-state index < -0.39 is 0 Å². The number of aryl methyl sites for hydroxylation is 1. The van der Waals surface area contributed by atoms with Gasteiger partial charge in [0.15, 0.2) is 0 Å². The predicted molar refractivity (Wildman–Crippen MR) is 52.5 cm³/mol. The smallest absolute Gasteiger partial charge is 0.108 e. The average Bonchev–Trinajstić information content (AvgIpc) is 2.69. The van der Waals surface area contributed by atoms with Crippen LogP contribution in [0.3, 0.4) is 0 Å². The number of rotatable bonds is 3. The summed E-state index contributed by atoms with van der Waals surface area (Å²) in [5, 5.41) is 3.30. The molecule has 0 bridgehead atoms. The molecule has 2 heteroatoms. The summed E-state index contributed by atoms with van der Waals surface area (Å²) in [6, 6.07) is 10.5. The summed E-state index contributed by atoms with van der Waals surface area (Å²) in [6.07, 6.45) is 2.45. The van der Waals surface area contributed by atoms with Gasteiger partial charge in [0.2, 0.25) is 0 Å². The Morgan fingerprint density at radius 1 is 1.31 bits per heavy atom. The van der Waals surface area contributed by atoms with Crippen LogP contribution in [-0.4, -0.2) is 19.4 Å². The van der Waals surface area contributed by atoms with Crippen molar-refractivity contribution in [1.82, 2.24) is 5.32 Å². The summed E-state index contributed by atoms with van der Waals surface area (Å²) in [7, 11) is 0. The Kier molecular flexibility index (Phi) is 2.95. The van der Waals surface area contributed by atoms with E-state index in [1.807, 2.05) is 6.07 Å². The molecule has 0 unspecified atom stereocenters. The number of hydrogen-bond donors (Lipinski definition) is 1. The van der Waals surface area contributed by atoms with Crippen LogP contribution in [0.5, 0.6) is 0 Å². The molecule has 70 valence electrons. The van der Waals surface area contributed by atoms with Crippen LogP contribution in [0.4, 0.5) is 0 Å². The van der Waals surface area contributed by atoms with Gasteiger partial charge in [-0.3, -0.25) is 5.32 Å². The van der Waals surface area contributed by atoms with Gasteiger partial charge in [0.25, 0.3) is 0 Å². The summed E-state index contributed by atoms with van der Waals surface area (Å²) in [5.41, 5.74) is 1.39. The fourth-order valence-electron chi connectivity index (χ4n) is 1.61. The van der Waals surface area contributed by atoms with Crippen molar-refractivity contribution in [2.75, 3.05) is 13.2 Å². The van der Waals surface area contributed by atoms with Crippen molar-refractivity contribution in [2.24, 2.45) is 0 Å². The van der Waals surface area contributed by atoms with Crippen molar-refractivity contribution >= 4 is 0 Å². The summed E-state index contributed by atoms with van der Waals surface area (Å²) in [5.74, 6) is 0. The molecule has 1 aliphatic rings. The first-order valence-electron chi connectivity index (χ1n) is 4.84. The maximum Gasteiger partial charge on any atom is 0.108 e. The topological polar surface area (TPSA) is 21.3 Å². The lowest BCUT2D eigenvalue weighted by Crippen LogP contribution is -2.22. The van der Waals surface area contributed by atoms with Crippen molar-refractivity contribution < 1.29 is 4.74 Å². The number of nitrogens with one attached hydrogen (secondary N) is 1. The van der Waals surface area contributed by atoms with Gasteiger partial charge in [-0.05, 0) is 18.4 Å². The SMILES string of the molecule is c1ccc(CC[C@H]2NCCO2)cc1. The first-order chi connectivity index (χ1) is 6.45. The summed E-state index contributed by atoms with van der Waals surface area (Å²) in [4.78, 5) is 0. The highest BCUT2D eigenvalue weighted by atomic mass is 16.5. The van der Waals surface area contributed by atoms with E-state index in [0.29, 0.717) is 0 Å². The molecule has 1 N–H and O–H groups in total. The molecule has 1 saturated heterocycles. The van der Waals surface area contributed by atoms with Gasteiger partial charge in [-0.2, -0.15) is 0 Å². The van der Waals surface area contributed by atoms with E-state index in [2.05, 4.69) is 29.6 Å². The predicted octanol–water partition coefficient (Wildman–Crippen LogP) is 1.57. The third-order valence-electron chi connectivity index (χ3n) is 2.33. The minimum Gasteiger partial charge on any atom is -0.362 e. The van der Waals surface area contributed by atoms with Gasteiger partial charge in [0.05, 0.1) is 6.61 Å². The van der Waals surface area contributed by atoms with Crippen molar-refractivity contribution in [3.05, 3.63) is 35.9 Å². The van der Waals surface area contributed by atoms with Crippen LogP contribution in [0.1, 0.15) is 12.0 Å². The Hall–Kier alpha value is -0.860. The number of ether oxygens (including phenoxy) is 1. The monoisotopic (exact) mass is 177 g/mol. The highest BCUT2D eigenvalue weighted by molar-refractivity contribution is 5.14. The first-order valence-corrected chi connectivity index (χ1v) is 4.84. The fourth-order valence-corrected chi connectivity index (χ4v) is 1.61. The molecule has 0 radical (unpaired) electrons. The van der Waals surface area contributed by atoms with Crippen molar-refractivity contribution in [2.45, 2.75) is 19.1 Å². The molecule has 0 spiro atoms. The summed E-state index contributed by atoms with van der Waals surface area (Å²) >= 11 is 0. The van der Waals surface area contributed by atoms with Gasteiger partial charge in [0.1, 0.15) is 6.23 Å². The molecule has 13 heavy (non-hydrogen) atoms. The molecule has 2 rings (SSSR count). The largest absolute Gasteiger partial charge is 0.362 e. The van der Waals surface area contributed by atoms with Crippen LogP contribution in [0.15, 0.2) is 30.3 Å². The Morgan fingerprint density at radius 3 is 2.85 bits per heavy atom. The lowest BCUT2D eigenvalue weighted by molar-refractivity contribution is 0.0946. The molecule has 1 fully saturated rings. The highest BCUT2D eigenvalue weighted by Crippen LogP contribution is 2.07. The fraction of sp³-hybridized carbons (Fsp3) is 0.455. The maximum absolute atomic E-state index is 5.46. The second-order valence-electron chi connectivity index (χ2n) is 3.34. The van der Waals surface area contributed by atoms with Crippen LogP contribution in [0, 0.1) is 0 Å². The van der Waals surface area contributed by atoms with Crippen molar-refractivity contribution in [3.63, 3.8) is 0 Å². The zero-order valence-corrected chi connectivity index (χ0v) is 7.70. The third kappa shape index (κ3) is 2.54. The molecule has 0 aromatic heterocycles. The molecule has 0 saturated carbocycles. The molecular weight excluding hydrogens is 162 g/mol. The van der Waals surface area contributed by atoms with E-state index in [9.17, 15) is 0 Å². The average molecular weight is 177 g/mol. The normalized spacial score (nSPS) is 22.0. The number of hydrogen-bond acceptors (Lipinski definition) is 2. The molecule has 2 nitrogen and oxygen atoms in total. The van der Waals surface area contributed by atoms with Gasteiger partial charge < -0.3 is 4.74 Å². The van der Waals surface area contributed by atoms with Gasteiger partial charge >= 0.3 is 0 Å². The highest BCUT2D eigenvalue weighted by Gasteiger charge is 2.13. The van der Waals surface area contributed by atoms with E-state index in [0.717, 1.165) is 26.0 Å². The van der Waals surface area contributed by atoms with E-state index >= 15 is 0 Å². The Labute approximate surface area is 78.9 Å². The van der Waals surface area contributed by atoms with Gasteiger partial charge in [0, 0.05) is 6.54 Å². The van der Waals surface area contributed by atoms with Crippen LogP contribution >= 0.6 is 0 Å². The summed E-state index contributed by atoms with van der Waals surface area (Å²) < 4.78 is 5.46. The van der Waals surface area contributed by atoms with Crippen LogP contribution in [-0.2, 0) is 11.2 Å². The minimum absolute atomic E-state index is 0.278. The molecule has 0 aliphatic carbocycles. The Balaban J connectivity index is 1.79. The van der Waals surface area contributed by atoms with Crippen LogP contribution in [0.2, 0.25) is 0 Å². The standard InChI is InChI=1S/C11H15NO/c1-2-4-10(5-3-1)6-7-11-12-8-9-13-11/h1-5,11-12H,6-9H2/t11-/m0/s1. The second kappa shape index (κ2) is 4.40. The molecule has 1 aliphatic heterocycles. The minimum atomic E-state index is 0.278. The quantitative estimate of drug-likeness (QED) is 0.756. The molecule has 1 aromatic rings. The van der Waals surface area contributed by atoms with Crippen LogP contribution in [0.25, 0.3) is 0 Å². The van der Waals surface area contributed by atoms with E-state index in [4.69, 9.17) is 4.74 Å². The molecular formula is C11H15NO. The van der Waals surface area contributed by atoms with Crippen molar-refractivity contribution in [1.29, 1.82) is 0 Å². The third-order valence-corrected chi connectivity index (χ3v) is 2.33. The zero-order chi connectivity index (χ0) is 8.93. The van der Waals surface area contributed by atoms with Crippen molar-refractivity contribution in [3.8, 4) is 0 Å². The Morgan fingerprint density at radius 2 is 2.15 bits per heavy atom. The lowest BCUT2D eigenvalue weighted by atomic mass is 10.1. The second-order valence-corrected chi connectivity index (χ2v) is 3.34. The number of benzene rings is 1. The summed E-state index contributed by atoms with van der Waals surface area (Å²) in [6.45, 7) is 1.86. The van der Waals surface area contributed by atoms with Gasteiger partial charge in [-0.15, -0.1) is 0 Å². The molecule has 1 atom stereocenters. The molecule has 1 heterocycles. The van der Waals surface area contributed by atoms with E-state index in [1.54, 1.807) is 0 Å². The van der Waals surface area contributed by atoms with Gasteiger partial charge in [-0.1, -0.05) is 30.3 Å². The van der Waals surface area contributed by atoms with E-state index in [1.165, 1.54) is 5.56 Å². The maximum atomic E-state index is 5.46. The van der Waals surface area contributed by atoms with Gasteiger partial charge in [-0.25, -0.2) is 0 Å². The first kappa shape index (κ1) is 8.73. The van der Waals surface area contributed by atoms with E-state index in [-0.39, 0.29) is 6.23 Å². The zero-order valence-electron chi connectivity index (χ0n) is 7.70. The van der Waals surface area contributed by atoms with Crippen LogP contribution < -0.4 is 5.32 Å². The molecule has 1 aromatic carbocycles.